The van der Waals surface area contributed by atoms with Gasteiger partial charge in [0.2, 0.25) is 0 Å². The first-order valence-corrected chi connectivity index (χ1v) is 7.75. The van der Waals surface area contributed by atoms with Gasteiger partial charge in [-0.1, -0.05) is 0 Å². The Morgan fingerprint density at radius 2 is 2.12 bits per heavy atom. The molecule has 0 aromatic carbocycles. The molecule has 0 bridgehead atoms. The van der Waals surface area contributed by atoms with E-state index in [9.17, 15) is 5.11 Å². The molecule has 2 fully saturated rings. The first kappa shape index (κ1) is 13.4. The molecule has 0 saturated carbocycles. The Labute approximate surface area is 102 Å². The predicted molar refractivity (Wildman–Crippen MR) is 65.7 cm³/mol. The van der Waals surface area contributed by atoms with E-state index < -0.39 is 13.6 Å². The van der Waals surface area contributed by atoms with Crippen LogP contribution in [0.15, 0.2) is 0 Å². The first-order valence-electron chi connectivity index (χ1n) is 5.71. The fourth-order valence-electron chi connectivity index (χ4n) is 2.26. The van der Waals surface area contributed by atoms with Crippen LogP contribution in [0.25, 0.3) is 0 Å². The fourth-order valence-corrected chi connectivity index (χ4v) is 2.95. The maximum Gasteiger partial charge on any atom is 0.324 e. The van der Waals surface area contributed by atoms with Crippen LogP contribution in [0.5, 0.6) is 0 Å². The Kier molecular flexibility index (Phi) is 4.18. The standard InChI is InChI=1S/C11H20O5P/c1-6-8(12)10(13-2)9-7(15-6)5-14-11(16-9)17(3)4/h6-12H,3,5H2,1-2,4H3/q+1. The van der Waals surface area contributed by atoms with Gasteiger partial charge in [-0.25, -0.2) is 0 Å². The maximum absolute atomic E-state index is 10.0. The molecule has 6 heteroatoms. The largest absolute Gasteiger partial charge is 0.388 e. The zero-order valence-electron chi connectivity index (χ0n) is 10.4. The van der Waals surface area contributed by atoms with Crippen LogP contribution in [0.2, 0.25) is 0 Å². The molecule has 0 aromatic rings. The lowest BCUT2D eigenvalue weighted by atomic mass is 9.95. The van der Waals surface area contributed by atoms with Gasteiger partial charge in [-0.2, -0.15) is 0 Å². The molecular weight excluding hydrogens is 243 g/mol. The molecule has 2 heterocycles. The van der Waals surface area contributed by atoms with Crippen LogP contribution in [0.3, 0.4) is 0 Å². The van der Waals surface area contributed by atoms with Crippen molar-refractivity contribution in [3.05, 3.63) is 0 Å². The Bertz CT molecular complexity index is 298. The van der Waals surface area contributed by atoms with Gasteiger partial charge in [0.15, 0.2) is 0 Å². The van der Waals surface area contributed by atoms with Crippen molar-refractivity contribution in [2.75, 3.05) is 20.4 Å². The lowest BCUT2D eigenvalue weighted by molar-refractivity contribution is -0.305. The molecule has 17 heavy (non-hydrogen) atoms. The van der Waals surface area contributed by atoms with Gasteiger partial charge in [0.05, 0.1) is 19.0 Å². The molecule has 2 aliphatic heterocycles. The van der Waals surface area contributed by atoms with Crippen molar-refractivity contribution < 1.29 is 24.1 Å². The van der Waals surface area contributed by atoms with E-state index in [0.717, 1.165) is 0 Å². The molecule has 0 spiro atoms. The van der Waals surface area contributed by atoms with E-state index in [0.29, 0.717) is 6.61 Å². The Morgan fingerprint density at radius 1 is 1.41 bits per heavy atom. The van der Waals surface area contributed by atoms with E-state index in [2.05, 4.69) is 6.30 Å². The summed E-state index contributed by atoms with van der Waals surface area (Å²) in [4.78, 5) is 0. The van der Waals surface area contributed by atoms with Crippen molar-refractivity contribution in [3.8, 4) is 0 Å². The zero-order valence-corrected chi connectivity index (χ0v) is 11.3. The van der Waals surface area contributed by atoms with E-state index in [4.69, 9.17) is 18.9 Å². The molecular formula is C11H20O5P+. The molecule has 0 radical (unpaired) electrons. The summed E-state index contributed by atoms with van der Waals surface area (Å²) in [6, 6.07) is -0.298. The highest BCUT2D eigenvalue weighted by Gasteiger charge is 2.49. The van der Waals surface area contributed by atoms with Gasteiger partial charge in [-0.3, -0.25) is 0 Å². The molecule has 7 atom stereocenters. The van der Waals surface area contributed by atoms with E-state index in [1.165, 1.54) is 0 Å². The molecule has 2 rings (SSSR count). The minimum absolute atomic E-state index is 0.176. The predicted octanol–water partition coefficient (Wildman–Crippen LogP) is 0.392. The van der Waals surface area contributed by atoms with Gasteiger partial charge in [-0.15, -0.1) is 0 Å². The second-order valence-corrected chi connectivity index (χ2v) is 6.50. The fraction of sp³-hybridized carbons (Fsp3) is 0.909. The van der Waals surface area contributed by atoms with Gasteiger partial charge in [0.1, 0.15) is 38.6 Å². The van der Waals surface area contributed by atoms with Crippen LogP contribution in [-0.4, -0.2) is 68.3 Å². The molecule has 2 aliphatic rings. The maximum atomic E-state index is 10.0. The van der Waals surface area contributed by atoms with E-state index >= 15 is 0 Å². The van der Waals surface area contributed by atoms with Crippen molar-refractivity contribution in [2.45, 2.75) is 43.5 Å². The van der Waals surface area contributed by atoms with Crippen LogP contribution < -0.4 is 0 Å². The zero-order chi connectivity index (χ0) is 12.6. The van der Waals surface area contributed by atoms with Crippen molar-refractivity contribution in [2.24, 2.45) is 0 Å². The highest BCUT2D eigenvalue weighted by Crippen LogP contribution is 2.36. The number of hydrogen-bond acceptors (Lipinski definition) is 5. The van der Waals surface area contributed by atoms with Crippen molar-refractivity contribution >= 4 is 13.8 Å². The number of ether oxygens (including phenoxy) is 4. The van der Waals surface area contributed by atoms with Crippen LogP contribution in [0.4, 0.5) is 0 Å². The molecule has 7 unspecified atom stereocenters. The summed E-state index contributed by atoms with van der Waals surface area (Å²) in [7, 11) is 0.992. The molecule has 2 saturated heterocycles. The Hall–Kier alpha value is -0.0300. The number of rotatable bonds is 2. The summed E-state index contributed by atoms with van der Waals surface area (Å²) < 4.78 is 22.4. The minimum Gasteiger partial charge on any atom is -0.388 e. The minimum atomic E-state index is -0.673. The second kappa shape index (κ2) is 5.31. The number of aliphatic hydroxyl groups excluding tert-OH is 1. The average molecular weight is 263 g/mol. The molecule has 1 N–H and O–H groups in total. The molecule has 0 amide bonds. The van der Waals surface area contributed by atoms with E-state index in [-0.39, 0.29) is 30.4 Å². The highest BCUT2D eigenvalue weighted by atomic mass is 31.1. The van der Waals surface area contributed by atoms with Crippen LogP contribution in [0.1, 0.15) is 6.92 Å². The number of methoxy groups -OCH3 is 1. The van der Waals surface area contributed by atoms with E-state index in [1.54, 1.807) is 7.11 Å². The molecule has 0 aromatic heterocycles. The number of aliphatic hydroxyl groups is 1. The summed E-state index contributed by atoms with van der Waals surface area (Å²) in [5.41, 5.74) is 0. The molecule has 5 nitrogen and oxygen atoms in total. The van der Waals surface area contributed by atoms with Gasteiger partial charge in [0.25, 0.3) is 0 Å². The summed E-state index contributed by atoms with van der Waals surface area (Å²) in [5, 5.41) is 10.0. The van der Waals surface area contributed by atoms with Crippen molar-refractivity contribution in [1.29, 1.82) is 0 Å². The van der Waals surface area contributed by atoms with Gasteiger partial charge < -0.3 is 24.1 Å². The topological polar surface area (TPSA) is 57.2 Å². The summed E-state index contributed by atoms with van der Waals surface area (Å²) in [5.74, 6) is 0. The summed E-state index contributed by atoms with van der Waals surface area (Å²) in [6.45, 7) is 4.28. The van der Waals surface area contributed by atoms with E-state index in [1.807, 2.05) is 13.6 Å². The third kappa shape index (κ3) is 2.55. The van der Waals surface area contributed by atoms with Crippen molar-refractivity contribution in [3.63, 3.8) is 0 Å². The van der Waals surface area contributed by atoms with Gasteiger partial charge >= 0.3 is 6.03 Å². The van der Waals surface area contributed by atoms with Crippen LogP contribution in [0, 0.1) is 0 Å². The smallest absolute Gasteiger partial charge is 0.324 e. The third-order valence-electron chi connectivity index (χ3n) is 3.21. The SMILES string of the molecule is C=[P+](C)C1OCC2OC(C)C(O)C(OC)C2O1. The van der Waals surface area contributed by atoms with Gasteiger partial charge in [0, 0.05) is 7.11 Å². The normalized spacial score (nSPS) is 47.4. The number of fused-ring (bicyclic) bond motifs is 1. The third-order valence-corrected chi connectivity index (χ3v) is 4.20. The summed E-state index contributed by atoms with van der Waals surface area (Å²) in [6.07, 6.45) is 2.18. The average Bonchev–Trinajstić information content (AvgIpc) is 2.30. The Balaban J connectivity index is 2.12. The second-order valence-electron chi connectivity index (χ2n) is 4.57. The van der Waals surface area contributed by atoms with Crippen molar-refractivity contribution in [1.82, 2.24) is 0 Å². The number of hydrogen-bond donors (Lipinski definition) is 1. The van der Waals surface area contributed by atoms with Gasteiger partial charge in [-0.05, 0) is 6.92 Å². The van der Waals surface area contributed by atoms with Crippen LogP contribution in [-0.2, 0) is 18.9 Å². The quantitative estimate of drug-likeness (QED) is 0.730. The molecule has 0 aliphatic carbocycles. The lowest BCUT2D eigenvalue weighted by Crippen LogP contribution is -2.62. The Morgan fingerprint density at radius 3 is 2.71 bits per heavy atom. The summed E-state index contributed by atoms with van der Waals surface area (Å²) >= 11 is 0. The first-order chi connectivity index (χ1) is 8.04. The van der Waals surface area contributed by atoms with Crippen LogP contribution >= 0.6 is 7.55 Å². The lowest BCUT2D eigenvalue weighted by Gasteiger charge is -2.45. The monoisotopic (exact) mass is 263 g/mol. The highest BCUT2D eigenvalue weighted by molar-refractivity contribution is 7.55. The molecule has 98 valence electrons.